The monoisotopic (exact) mass is 289 g/mol. The molecule has 2 saturated heterocycles. The molecule has 2 heterocycles. The second kappa shape index (κ2) is 11.4. The quantitative estimate of drug-likeness (QED) is 0.300. The number of hydrazine groups is 2. The molecule has 6 N–H and O–H groups in total. The largest absolute Gasteiger partial charge is 0.381 e. The summed E-state index contributed by atoms with van der Waals surface area (Å²) in [5, 5.41) is 0. The van der Waals surface area contributed by atoms with Crippen molar-refractivity contribution < 1.29 is 14.3 Å². The van der Waals surface area contributed by atoms with Gasteiger partial charge >= 0.3 is 6.03 Å². The van der Waals surface area contributed by atoms with Crippen molar-refractivity contribution in [1.82, 2.24) is 15.8 Å². The Hall–Kier alpha value is -1.38. The lowest BCUT2D eigenvalue weighted by molar-refractivity contribution is -0.125. The highest BCUT2D eigenvalue weighted by molar-refractivity contribution is 5.78. The normalized spacial score (nSPS) is 20.2. The Balaban J connectivity index is 0.000000321. The number of ether oxygens (including phenoxy) is 1. The average molecular weight is 289 g/mol. The number of hydrogen-bond acceptors (Lipinski definition) is 5. The molecule has 0 aromatic rings. The van der Waals surface area contributed by atoms with Crippen LogP contribution in [0.5, 0.6) is 0 Å². The summed E-state index contributed by atoms with van der Waals surface area (Å²) >= 11 is 0. The summed E-state index contributed by atoms with van der Waals surface area (Å²) in [5.74, 6) is 9.67. The molecule has 0 aliphatic carbocycles. The summed E-state index contributed by atoms with van der Waals surface area (Å²) in [4.78, 5) is 23.1. The average Bonchev–Trinajstić information content (AvgIpc) is 3.21. The fraction of sp³-hybridized carbons (Fsp3) is 0.833. The Morgan fingerprint density at radius 3 is 2.15 bits per heavy atom. The molecule has 0 bridgehead atoms. The first-order valence-corrected chi connectivity index (χ1v) is 7.02. The fourth-order valence-electron chi connectivity index (χ4n) is 1.87. The minimum absolute atomic E-state index is 0.0185. The SMILES string of the molecule is CC.NNC(=O)C1CCOC1.NNC(=O)N1CCCC1. The van der Waals surface area contributed by atoms with Gasteiger partial charge in [-0.2, -0.15) is 0 Å². The van der Waals surface area contributed by atoms with Gasteiger partial charge in [-0.25, -0.2) is 16.5 Å². The van der Waals surface area contributed by atoms with Gasteiger partial charge in [0.25, 0.3) is 0 Å². The minimum atomic E-state index is -0.160. The van der Waals surface area contributed by atoms with Crippen LogP contribution >= 0.6 is 0 Å². The molecule has 1 unspecified atom stereocenters. The Labute approximate surface area is 120 Å². The van der Waals surface area contributed by atoms with E-state index in [0.717, 1.165) is 32.4 Å². The van der Waals surface area contributed by atoms with Crippen LogP contribution in [0.3, 0.4) is 0 Å². The molecule has 2 rings (SSSR count). The number of carbonyl (C=O) groups excluding carboxylic acids is 2. The van der Waals surface area contributed by atoms with Crippen molar-refractivity contribution in [2.24, 2.45) is 17.6 Å². The maximum Gasteiger partial charge on any atom is 0.331 e. The summed E-state index contributed by atoms with van der Waals surface area (Å²) in [5.41, 5.74) is 4.18. The topological polar surface area (TPSA) is 123 Å². The lowest BCUT2D eigenvalue weighted by atomic mass is 10.1. The minimum Gasteiger partial charge on any atom is -0.381 e. The summed E-state index contributed by atoms with van der Waals surface area (Å²) in [7, 11) is 0. The van der Waals surface area contributed by atoms with Crippen LogP contribution in [0.25, 0.3) is 0 Å². The van der Waals surface area contributed by atoms with Crippen LogP contribution in [0, 0.1) is 5.92 Å². The highest BCUT2D eigenvalue weighted by atomic mass is 16.5. The summed E-state index contributed by atoms with van der Waals surface area (Å²) in [6.07, 6.45) is 3.00. The zero-order valence-corrected chi connectivity index (χ0v) is 12.4. The molecule has 2 aliphatic heterocycles. The molecule has 3 amide bonds. The molecular weight excluding hydrogens is 262 g/mol. The van der Waals surface area contributed by atoms with Crippen molar-refractivity contribution in [3.05, 3.63) is 0 Å². The van der Waals surface area contributed by atoms with Crippen molar-refractivity contribution in [2.45, 2.75) is 33.1 Å². The van der Waals surface area contributed by atoms with Gasteiger partial charge in [-0.05, 0) is 19.3 Å². The molecule has 118 valence electrons. The van der Waals surface area contributed by atoms with E-state index in [4.69, 9.17) is 16.4 Å². The van der Waals surface area contributed by atoms with Crippen molar-refractivity contribution in [3.8, 4) is 0 Å². The lowest BCUT2D eigenvalue weighted by Crippen LogP contribution is -2.41. The Morgan fingerprint density at radius 1 is 1.15 bits per heavy atom. The van der Waals surface area contributed by atoms with Gasteiger partial charge in [-0.15, -0.1) is 0 Å². The van der Waals surface area contributed by atoms with Crippen molar-refractivity contribution in [3.63, 3.8) is 0 Å². The highest BCUT2D eigenvalue weighted by Gasteiger charge is 2.22. The van der Waals surface area contributed by atoms with Gasteiger partial charge in [0.15, 0.2) is 0 Å². The molecular formula is C12H27N5O3. The van der Waals surface area contributed by atoms with E-state index in [1.165, 1.54) is 0 Å². The third kappa shape index (κ3) is 6.69. The Bertz CT molecular complexity index is 248. The van der Waals surface area contributed by atoms with Gasteiger partial charge < -0.3 is 9.64 Å². The highest BCUT2D eigenvalue weighted by Crippen LogP contribution is 2.11. The maximum absolute atomic E-state index is 10.7. The molecule has 8 heteroatoms. The van der Waals surface area contributed by atoms with Gasteiger partial charge in [-0.3, -0.25) is 15.6 Å². The van der Waals surface area contributed by atoms with E-state index in [1.807, 2.05) is 13.8 Å². The van der Waals surface area contributed by atoms with Gasteiger partial charge in [0.2, 0.25) is 5.91 Å². The number of nitrogens with one attached hydrogen (secondary N) is 2. The first-order valence-electron chi connectivity index (χ1n) is 7.02. The van der Waals surface area contributed by atoms with Gasteiger partial charge in [0.05, 0.1) is 12.5 Å². The predicted octanol–water partition coefficient (Wildman–Crippen LogP) is -0.295. The van der Waals surface area contributed by atoms with E-state index in [1.54, 1.807) is 4.90 Å². The molecule has 0 aromatic heterocycles. The molecule has 20 heavy (non-hydrogen) atoms. The van der Waals surface area contributed by atoms with Gasteiger partial charge in [-0.1, -0.05) is 13.8 Å². The number of likely N-dealkylation sites (tertiary alicyclic amines) is 1. The molecule has 0 spiro atoms. The molecule has 2 fully saturated rings. The van der Waals surface area contributed by atoms with Gasteiger partial charge in [0.1, 0.15) is 0 Å². The molecule has 1 atom stereocenters. The van der Waals surface area contributed by atoms with Crippen molar-refractivity contribution in [1.29, 1.82) is 0 Å². The van der Waals surface area contributed by atoms with E-state index in [2.05, 4.69) is 10.9 Å². The molecule has 2 aliphatic rings. The number of amides is 3. The zero-order chi connectivity index (χ0) is 15.4. The summed E-state index contributed by atoms with van der Waals surface area (Å²) in [6.45, 7) is 6.90. The van der Waals surface area contributed by atoms with Crippen LogP contribution in [0.1, 0.15) is 33.1 Å². The molecule has 0 saturated carbocycles. The molecule has 0 aromatic carbocycles. The number of nitrogens with zero attached hydrogens (tertiary/aromatic N) is 1. The first-order chi connectivity index (χ1) is 9.69. The van der Waals surface area contributed by atoms with Crippen molar-refractivity contribution in [2.75, 3.05) is 26.3 Å². The number of carbonyl (C=O) groups is 2. The van der Waals surface area contributed by atoms with Crippen LogP contribution in [0.2, 0.25) is 0 Å². The number of hydrogen-bond donors (Lipinski definition) is 4. The summed E-state index contributed by atoms with van der Waals surface area (Å²) < 4.78 is 4.96. The standard InChI is InChI=1S/C5H11N3O.C5H10N2O2.C2H6/c6-7-5(9)8-3-1-2-4-8;6-7-5(8)4-1-2-9-3-4;1-2/h1-4,6H2,(H,7,9);4H,1-3,6H2,(H,7,8);1-2H3. The molecule has 8 nitrogen and oxygen atoms in total. The third-order valence-corrected chi connectivity index (χ3v) is 2.96. The van der Waals surface area contributed by atoms with E-state index in [9.17, 15) is 9.59 Å². The van der Waals surface area contributed by atoms with E-state index < -0.39 is 0 Å². The van der Waals surface area contributed by atoms with Crippen LogP contribution in [-0.4, -0.2) is 43.1 Å². The Morgan fingerprint density at radius 2 is 1.75 bits per heavy atom. The fourth-order valence-corrected chi connectivity index (χ4v) is 1.87. The van der Waals surface area contributed by atoms with E-state index >= 15 is 0 Å². The van der Waals surface area contributed by atoms with E-state index in [-0.39, 0.29) is 17.9 Å². The Kier molecular flexibility index (Phi) is 10.7. The third-order valence-electron chi connectivity index (χ3n) is 2.96. The second-order valence-electron chi connectivity index (χ2n) is 4.21. The predicted molar refractivity (Wildman–Crippen MR) is 76.1 cm³/mol. The maximum atomic E-state index is 10.7. The zero-order valence-electron chi connectivity index (χ0n) is 12.4. The van der Waals surface area contributed by atoms with E-state index in [0.29, 0.717) is 13.2 Å². The smallest absolute Gasteiger partial charge is 0.331 e. The number of nitrogens with two attached hydrogens (primary N) is 2. The second-order valence-corrected chi connectivity index (χ2v) is 4.21. The number of urea groups is 1. The number of rotatable bonds is 1. The lowest BCUT2D eigenvalue weighted by Gasteiger charge is -2.12. The molecule has 0 radical (unpaired) electrons. The van der Waals surface area contributed by atoms with Crippen LogP contribution in [0.4, 0.5) is 4.79 Å². The van der Waals surface area contributed by atoms with Crippen LogP contribution in [0.15, 0.2) is 0 Å². The van der Waals surface area contributed by atoms with Crippen LogP contribution in [-0.2, 0) is 9.53 Å². The van der Waals surface area contributed by atoms with Crippen molar-refractivity contribution >= 4 is 11.9 Å². The first kappa shape index (κ1) is 18.6. The summed E-state index contributed by atoms with van der Waals surface area (Å²) in [6, 6.07) is -0.160. The van der Waals surface area contributed by atoms with Crippen LogP contribution < -0.4 is 22.5 Å². The van der Waals surface area contributed by atoms with Gasteiger partial charge in [0, 0.05) is 19.7 Å².